The summed E-state index contributed by atoms with van der Waals surface area (Å²) in [6.07, 6.45) is 6.73. The Labute approximate surface area is 123 Å². The van der Waals surface area contributed by atoms with Gasteiger partial charge in [-0.3, -0.25) is 9.80 Å². The number of nitrogens with two attached hydrogens (primary N) is 1. The van der Waals surface area contributed by atoms with Gasteiger partial charge in [-0.25, -0.2) is 0 Å². The fourth-order valence-corrected chi connectivity index (χ4v) is 4.75. The Balaban J connectivity index is 1.82. The molecule has 0 aromatic carbocycles. The molecule has 2 saturated heterocycles. The highest BCUT2D eigenvalue weighted by molar-refractivity contribution is 5.11. The van der Waals surface area contributed by atoms with Crippen molar-refractivity contribution < 1.29 is 4.74 Å². The lowest BCUT2D eigenvalue weighted by Gasteiger charge is -2.48. The first-order valence-electron chi connectivity index (χ1n) is 8.43. The van der Waals surface area contributed by atoms with Gasteiger partial charge in [-0.2, -0.15) is 0 Å². The Hall–Kier alpha value is -0.160. The molecular weight excluding hydrogens is 250 g/mol. The average Bonchev–Trinajstić information content (AvgIpc) is 3.10. The normalized spacial score (nSPS) is 35.7. The minimum Gasteiger partial charge on any atom is -0.383 e. The molecule has 0 spiro atoms. The standard InChI is InChI=1S/C16H31N3O/c1-13(14-5-6-14)19(10-11-20-2)16(12-17)7-9-18-8-3-4-15(16)18/h13-15H,3-12,17H2,1-2H3. The highest BCUT2D eigenvalue weighted by Crippen LogP contribution is 2.44. The fraction of sp³-hybridized carbons (Fsp3) is 1.00. The molecule has 1 aliphatic carbocycles. The topological polar surface area (TPSA) is 41.7 Å². The number of ether oxygens (including phenoxy) is 1. The summed E-state index contributed by atoms with van der Waals surface area (Å²) >= 11 is 0. The molecule has 20 heavy (non-hydrogen) atoms. The van der Waals surface area contributed by atoms with Crippen LogP contribution >= 0.6 is 0 Å². The van der Waals surface area contributed by atoms with E-state index in [1.165, 1.54) is 45.2 Å². The van der Waals surface area contributed by atoms with Gasteiger partial charge in [-0.15, -0.1) is 0 Å². The number of nitrogens with zero attached hydrogens (tertiary/aromatic N) is 2. The van der Waals surface area contributed by atoms with Crippen LogP contribution in [-0.2, 0) is 4.74 Å². The van der Waals surface area contributed by atoms with Crippen LogP contribution in [0, 0.1) is 5.92 Å². The highest BCUT2D eigenvalue weighted by Gasteiger charge is 2.53. The van der Waals surface area contributed by atoms with Gasteiger partial charge < -0.3 is 10.5 Å². The van der Waals surface area contributed by atoms with E-state index >= 15 is 0 Å². The molecule has 3 unspecified atom stereocenters. The van der Waals surface area contributed by atoms with Gasteiger partial charge in [0.1, 0.15) is 0 Å². The third kappa shape index (κ3) is 2.41. The molecule has 3 atom stereocenters. The number of hydrogen-bond acceptors (Lipinski definition) is 4. The van der Waals surface area contributed by atoms with E-state index in [9.17, 15) is 0 Å². The second kappa shape index (κ2) is 5.91. The largest absolute Gasteiger partial charge is 0.383 e. The molecule has 3 rings (SSSR count). The molecule has 4 nitrogen and oxygen atoms in total. The van der Waals surface area contributed by atoms with E-state index in [2.05, 4.69) is 16.7 Å². The Morgan fingerprint density at radius 2 is 2.15 bits per heavy atom. The van der Waals surface area contributed by atoms with Crippen molar-refractivity contribution >= 4 is 0 Å². The van der Waals surface area contributed by atoms with Crippen LogP contribution in [0.2, 0.25) is 0 Å². The molecule has 0 aromatic heterocycles. The maximum Gasteiger partial charge on any atom is 0.0590 e. The molecule has 4 heteroatoms. The molecule has 2 aliphatic heterocycles. The molecular formula is C16H31N3O. The number of fused-ring (bicyclic) bond motifs is 1. The molecule has 2 N–H and O–H groups in total. The predicted molar refractivity (Wildman–Crippen MR) is 81.8 cm³/mol. The van der Waals surface area contributed by atoms with Crippen LogP contribution in [0.5, 0.6) is 0 Å². The van der Waals surface area contributed by atoms with E-state index in [4.69, 9.17) is 10.5 Å². The number of hydrogen-bond donors (Lipinski definition) is 1. The zero-order chi connectivity index (χ0) is 14.2. The van der Waals surface area contributed by atoms with Crippen molar-refractivity contribution in [3.05, 3.63) is 0 Å². The van der Waals surface area contributed by atoms with Gasteiger partial charge in [0.25, 0.3) is 0 Å². The first kappa shape index (κ1) is 14.8. The summed E-state index contributed by atoms with van der Waals surface area (Å²) in [7, 11) is 1.81. The third-order valence-corrected chi connectivity index (χ3v) is 6.07. The molecule has 0 radical (unpaired) electrons. The van der Waals surface area contributed by atoms with Crippen LogP contribution < -0.4 is 5.73 Å². The fourth-order valence-electron chi connectivity index (χ4n) is 4.75. The van der Waals surface area contributed by atoms with E-state index < -0.39 is 0 Å². The molecule has 3 fully saturated rings. The van der Waals surface area contributed by atoms with Crippen molar-refractivity contribution in [2.75, 3.05) is 39.9 Å². The lowest BCUT2D eigenvalue weighted by Crippen LogP contribution is -2.63. The summed E-state index contributed by atoms with van der Waals surface area (Å²) in [5.74, 6) is 0.894. The summed E-state index contributed by atoms with van der Waals surface area (Å²) in [6, 6.07) is 1.35. The predicted octanol–water partition coefficient (Wildman–Crippen LogP) is 1.30. The maximum atomic E-state index is 6.35. The third-order valence-electron chi connectivity index (χ3n) is 6.07. The molecule has 3 aliphatic rings. The molecule has 0 amide bonds. The Morgan fingerprint density at radius 1 is 1.35 bits per heavy atom. The van der Waals surface area contributed by atoms with Gasteiger partial charge in [-0.05, 0) is 51.5 Å². The van der Waals surface area contributed by atoms with E-state index in [-0.39, 0.29) is 5.54 Å². The van der Waals surface area contributed by atoms with E-state index in [0.29, 0.717) is 12.1 Å². The first-order valence-corrected chi connectivity index (χ1v) is 8.43. The number of rotatable bonds is 7. The molecule has 116 valence electrons. The monoisotopic (exact) mass is 281 g/mol. The van der Waals surface area contributed by atoms with Gasteiger partial charge in [0.15, 0.2) is 0 Å². The van der Waals surface area contributed by atoms with Gasteiger partial charge >= 0.3 is 0 Å². The van der Waals surface area contributed by atoms with Crippen molar-refractivity contribution in [2.45, 2.75) is 56.7 Å². The second-order valence-corrected chi connectivity index (χ2v) is 7.02. The molecule has 0 bridgehead atoms. The van der Waals surface area contributed by atoms with Gasteiger partial charge in [0.05, 0.1) is 12.1 Å². The van der Waals surface area contributed by atoms with Gasteiger partial charge in [0, 0.05) is 38.8 Å². The average molecular weight is 281 g/mol. The zero-order valence-electron chi connectivity index (χ0n) is 13.2. The van der Waals surface area contributed by atoms with Crippen molar-refractivity contribution in [2.24, 2.45) is 11.7 Å². The van der Waals surface area contributed by atoms with Crippen LogP contribution in [0.15, 0.2) is 0 Å². The number of methoxy groups -OCH3 is 1. The Bertz CT molecular complexity index is 334. The van der Waals surface area contributed by atoms with Crippen LogP contribution in [0.3, 0.4) is 0 Å². The molecule has 2 heterocycles. The van der Waals surface area contributed by atoms with Gasteiger partial charge in [-0.1, -0.05) is 0 Å². The van der Waals surface area contributed by atoms with Crippen LogP contribution in [0.4, 0.5) is 0 Å². The first-order chi connectivity index (χ1) is 9.73. The van der Waals surface area contributed by atoms with Crippen molar-refractivity contribution in [3.63, 3.8) is 0 Å². The summed E-state index contributed by atoms with van der Waals surface area (Å²) in [6.45, 7) is 7.60. The molecule has 1 saturated carbocycles. The summed E-state index contributed by atoms with van der Waals surface area (Å²) in [5.41, 5.74) is 6.55. The summed E-state index contributed by atoms with van der Waals surface area (Å²) < 4.78 is 5.39. The Kier molecular flexibility index (Phi) is 4.37. The van der Waals surface area contributed by atoms with E-state index in [1.54, 1.807) is 0 Å². The Morgan fingerprint density at radius 3 is 2.80 bits per heavy atom. The van der Waals surface area contributed by atoms with Crippen molar-refractivity contribution in [1.29, 1.82) is 0 Å². The minimum atomic E-state index is 0.205. The highest BCUT2D eigenvalue weighted by atomic mass is 16.5. The van der Waals surface area contributed by atoms with Gasteiger partial charge in [0.2, 0.25) is 0 Å². The SMILES string of the molecule is COCCN(C(C)C1CC1)C1(CN)CCN2CCCC21. The quantitative estimate of drug-likeness (QED) is 0.764. The van der Waals surface area contributed by atoms with Crippen LogP contribution in [0.25, 0.3) is 0 Å². The second-order valence-electron chi connectivity index (χ2n) is 7.02. The lowest BCUT2D eigenvalue weighted by molar-refractivity contribution is 0.00464. The lowest BCUT2D eigenvalue weighted by atomic mass is 9.84. The minimum absolute atomic E-state index is 0.205. The smallest absolute Gasteiger partial charge is 0.0590 e. The van der Waals surface area contributed by atoms with E-state index in [0.717, 1.165) is 25.6 Å². The van der Waals surface area contributed by atoms with Crippen LogP contribution in [0.1, 0.15) is 39.0 Å². The molecule has 0 aromatic rings. The van der Waals surface area contributed by atoms with Crippen LogP contribution in [-0.4, -0.2) is 67.3 Å². The van der Waals surface area contributed by atoms with Crippen molar-refractivity contribution in [3.8, 4) is 0 Å². The summed E-state index contributed by atoms with van der Waals surface area (Å²) in [4.78, 5) is 5.43. The summed E-state index contributed by atoms with van der Waals surface area (Å²) in [5, 5.41) is 0. The van der Waals surface area contributed by atoms with E-state index in [1.807, 2.05) is 7.11 Å². The van der Waals surface area contributed by atoms with Crippen molar-refractivity contribution in [1.82, 2.24) is 9.80 Å². The maximum absolute atomic E-state index is 6.35. The zero-order valence-corrected chi connectivity index (χ0v) is 13.2.